The molecule has 0 aromatic heterocycles. The van der Waals surface area contributed by atoms with Gasteiger partial charge in [-0.25, -0.2) is 0 Å². The molecule has 0 bridgehead atoms. The SMILES string of the molecule is C[C@H](OC(=O)C1(c2ccccc2)CCCC1)C(=O)Nc1ccc2c(c1)OCCO2. The molecule has 2 aliphatic rings. The van der Waals surface area contributed by atoms with Crippen LogP contribution in [0.15, 0.2) is 48.5 Å². The summed E-state index contributed by atoms with van der Waals surface area (Å²) in [4.78, 5) is 25.7. The molecule has 1 saturated carbocycles. The molecule has 1 heterocycles. The fourth-order valence-electron chi connectivity index (χ4n) is 4.04. The Morgan fingerprint density at radius 3 is 2.41 bits per heavy atom. The highest BCUT2D eigenvalue weighted by molar-refractivity contribution is 5.96. The lowest BCUT2D eigenvalue weighted by Crippen LogP contribution is -2.39. The number of rotatable bonds is 5. The molecule has 1 atom stereocenters. The van der Waals surface area contributed by atoms with E-state index in [1.54, 1.807) is 25.1 Å². The van der Waals surface area contributed by atoms with Crippen molar-refractivity contribution < 1.29 is 23.8 Å². The van der Waals surface area contributed by atoms with Crippen LogP contribution in [-0.2, 0) is 19.7 Å². The lowest BCUT2D eigenvalue weighted by molar-refractivity contribution is -0.159. The summed E-state index contributed by atoms with van der Waals surface area (Å²) in [6, 6.07) is 14.9. The molecule has 0 spiro atoms. The topological polar surface area (TPSA) is 73.9 Å². The molecule has 6 nitrogen and oxygen atoms in total. The Balaban J connectivity index is 1.43. The summed E-state index contributed by atoms with van der Waals surface area (Å²) in [6.45, 7) is 2.58. The summed E-state index contributed by atoms with van der Waals surface area (Å²) in [6.07, 6.45) is 2.53. The van der Waals surface area contributed by atoms with Crippen molar-refractivity contribution in [1.82, 2.24) is 0 Å². The van der Waals surface area contributed by atoms with E-state index < -0.39 is 11.5 Å². The summed E-state index contributed by atoms with van der Waals surface area (Å²) >= 11 is 0. The molecule has 152 valence electrons. The molecule has 1 amide bonds. The number of anilines is 1. The third-order valence-electron chi connectivity index (χ3n) is 5.64. The van der Waals surface area contributed by atoms with Crippen molar-refractivity contribution in [1.29, 1.82) is 0 Å². The van der Waals surface area contributed by atoms with Gasteiger partial charge in [0, 0.05) is 11.8 Å². The van der Waals surface area contributed by atoms with E-state index in [0.717, 1.165) is 31.2 Å². The predicted octanol–water partition coefficient (Wildman–Crippen LogP) is 3.84. The van der Waals surface area contributed by atoms with Gasteiger partial charge in [-0.3, -0.25) is 9.59 Å². The Labute approximate surface area is 170 Å². The number of hydrogen-bond donors (Lipinski definition) is 1. The summed E-state index contributed by atoms with van der Waals surface area (Å²) in [7, 11) is 0. The lowest BCUT2D eigenvalue weighted by atomic mass is 9.79. The average molecular weight is 395 g/mol. The van der Waals surface area contributed by atoms with Crippen molar-refractivity contribution in [2.24, 2.45) is 0 Å². The predicted molar refractivity (Wildman–Crippen MR) is 108 cm³/mol. The zero-order valence-electron chi connectivity index (χ0n) is 16.5. The maximum Gasteiger partial charge on any atom is 0.317 e. The number of esters is 1. The zero-order chi connectivity index (χ0) is 20.3. The van der Waals surface area contributed by atoms with Gasteiger partial charge in [-0.2, -0.15) is 0 Å². The standard InChI is InChI=1S/C23H25NO5/c1-16(21(25)24-18-9-10-19-20(15-18)28-14-13-27-19)29-22(26)23(11-5-6-12-23)17-7-3-2-4-8-17/h2-4,7-10,15-16H,5-6,11-14H2,1H3,(H,24,25)/t16-/m0/s1. The van der Waals surface area contributed by atoms with Crippen LogP contribution in [0, 0.1) is 0 Å². The van der Waals surface area contributed by atoms with E-state index in [9.17, 15) is 9.59 Å². The minimum Gasteiger partial charge on any atom is -0.486 e. The fourth-order valence-corrected chi connectivity index (χ4v) is 4.04. The first-order valence-corrected chi connectivity index (χ1v) is 10.1. The Hall–Kier alpha value is -3.02. The van der Waals surface area contributed by atoms with Crippen LogP contribution in [0.1, 0.15) is 38.2 Å². The van der Waals surface area contributed by atoms with Crippen molar-refractivity contribution in [2.75, 3.05) is 18.5 Å². The minimum absolute atomic E-state index is 0.328. The lowest BCUT2D eigenvalue weighted by Gasteiger charge is -2.28. The molecule has 4 rings (SSSR count). The number of carbonyl (C=O) groups excluding carboxylic acids is 2. The molecular weight excluding hydrogens is 370 g/mol. The van der Waals surface area contributed by atoms with Gasteiger partial charge in [0.1, 0.15) is 13.2 Å². The number of ether oxygens (including phenoxy) is 3. The Morgan fingerprint density at radius 2 is 1.69 bits per heavy atom. The molecule has 29 heavy (non-hydrogen) atoms. The van der Waals surface area contributed by atoms with Crippen LogP contribution in [0.4, 0.5) is 5.69 Å². The van der Waals surface area contributed by atoms with Gasteiger partial charge in [0.2, 0.25) is 0 Å². The molecule has 2 aromatic carbocycles. The number of benzene rings is 2. The largest absolute Gasteiger partial charge is 0.486 e. The van der Waals surface area contributed by atoms with Crippen molar-refractivity contribution >= 4 is 17.6 Å². The van der Waals surface area contributed by atoms with Crippen LogP contribution in [0.2, 0.25) is 0 Å². The molecule has 0 radical (unpaired) electrons. The molecule has 6 heteroatoms. The average Bonchev–Trinajstić information content (AvgIpc) is 3.25. The number of fused-ring (bicyclic) bond motifs is 1. The number of hydrogen-bond acceptors (Lipinski definition) is 5. The van der Waals surface area contributed by atoms with Gasteiger partial charge in [-0.05, 0) is 37.5 Å². The second-order valence-corrected chi connectivity index (χ2v) is 7.55. The highest BCUT2D eigenvalue weighted by Crippen LogP contribution is 2.42. The van der Waals surface area contributed by atoms with E-state index in [-0.39, 0.29) is 11.9 Å². The molecule has 1 fully saturated rings. The van der Waals surface area contributed by atoms with Crippen LogP contribution in [-0.4, -0.2) is 31.2 Å². The maximum absolute atomic E-state index is 13.1. The van der Waals surface area contributed by atoms with Crippen LogP contribution in [0.25, 0.3) is 0 Å². The van der Waals surface area contributed by atoms with E-state index in [2.05, 4.69) is 5.32 Å². The second kappa shape index (κ2) is 8.15. The first-order valence-electron chi connectivity index (χ1n) is 10.1. The Bertz CT molecular complexity index is 889. The van der Waals surface area contributed by atoms with Gasteiger partial charge >= 0.3 is 5.97 Å². The van der Waals surface area contributed by atoms with Crippen molar-refractivity contribution in [3.8, 4) is 11.5 Å². The van der Waals surface area contributed by atoms with Crippen LogP contribution in [0.3, 0.4) is 0 Å². The molecule has 0 unspecified atom stereocenters. The van der Waals surface area contributed by atoms with Gasteiger partial charge < -0.3 is 19.5 Å². The Morgan fingerprint density at radius 1 is 1.00 bits per heavy atom. The number of nitrogens with one attached hydrogen (secondary N) is 1. The van der Waals surface area contributed by atoms with Gasteiger partial charge in [-0.15, -0.1) is 0 Å². The zero-order valence-corrected chi connectivity index (χ0v) is 16.5. The smallest absolute Gasteiger partial charge is 0.317 e. The van der Waals surface area contributed by atoms with Gasteiger partial charge in [0.05, 0.1) is 5.41 Å². The van der Waals surface area contributed by atoms with Crippen molar-refractivity contribution in [3.05, 3.63) is 54.1 Å². The summed E-state index contributed by atoms with van der Waals surface area (Å²) < 4.78 is 16.7. The van der Waals surface area contributed by atoms with E-state index in [1.807, 2.05) is 30.3 Å². The third-order valence-corrected chi connectivity index (χ3v) is 5.64. The number of amides is 1. The van der Waals surface area contributed by atoms with Crippen molar-refractivity contribution in [2.45, 2.75) is 44.1 Å². The monoisotopic (exact) mass is 395 g/mol. The minimum atomic E-state index is -0.906. The van der Waals surface area contributed by atoms with E-state index in [0.29, 0.717) is 30.4 Å². The first kappa shape index (κ1) is 19.3. The van der Waals surface area contributed by atoms with Crippen molar-refractivity contribution in [3.63, 3.8) is 0 Å². The van der Waals surface area contributed by atoms with Gasteiger partial charge in [0.25, 0.3) is 5.91 Å². The molecule has 1 aliphatic heterocycles. The summed E-state index contributed by atoms with van der Waals surface area (Å²) in [5.41, 5.74) is 0.870. The maximum atomic E-state index is 13.1. The Kier molecular flexibility index (Phi) is 5.43. The summed E-state index contributed by atoms with van der Waals surface area (Å²) in [5.74, 6) is 0.537. The number of carbonyl (C=O) groups is 2. The first-order chi connectivity index (χ1) is 14.1. The van der Waals surface area contributed by atoms with E-state index >= 15 is 0 Å². The van der Waals surface area contributed by atoms with Crippen LogP contribution in [0.5, 0.6) is 11.5 Å². The normalized spacial score (nSPS) is 18.0. The second-order valence-electron chi connectivity index (χ2n) is 7.55. The van der Waals surface area contributed by atoms with E-state index in [1.165, 1.54) is 0 Å². The molecule has 0 saturated heterocycles. The molecule has 1 aliphatic carbocycles. The highest BCUT2D eigenvalue weighted by Gasteiger charge is 2.45. The van der Waals surface area contributed by atoms with E-state index in [4.69, 9.17) is 14.2 Å². The third kappa shape index (κ3) is 3.92. The van der Waals surface area contributed by atoms with Crippen LogP contribution >= 0.6 is 0 Å². The highest BCUT2D eigenvalue weighted by atomic mass is 16.6. The molecule has 2 aromatic rings. The molecule has 1 N–H and O–H groups in total. The quantitative estimate of drug-likeness (QED) is 0.779. The van der Waals surface area contributed by atoms with Gasteiger partial charge in [0.15, 0.2) is 17.6 Å². The molecular formula is C23H25NO5. The van der Waals surface area contributed by atoms with Gasteiger partial charge in [-0.1, -0.05) is 43.2 Å². The fraction of sp³-hybridized carbons (Fsp3) is 0.391. The van der Waals surface area contributed by atoms with Crippen LogP contribution < -0.4 is 14.8 Å². The summed E-state index contributed by atoms with van der Waals surface area (Å²) in [5, 5.41) is 2.79.